The first-order chi connectivity index (χ1) is 7.79. The predicted molar refractivity (Wildman–Crippen MR) is 59.0 cm³/mol. The first-order valence-corrected chi connectivity index (χ1v) is 4.74. The Balaban J connectivity index is 2.23. The first-order valence-electron chi connectivity index (χ1n) is 4.74. The van der Waals surface area contributed by atoms with Gasteiger partial charge in [0.25, 0.3) is 0 Å². The number of nitrogens with one attached hydrogen (secondary N) is 1. The molecule has 0 unspecified atom stereocenters. The Hall–Kier alpha value is -2.21. The van der Waals surface area contributed by atoms with Crippen LogP contribution in [0.15, 0.2) is 36.9 Å². The maximum absolute atomic E-state index is 11.1. The quantitative estimate of drug-likeness (QED) is 0.767. The van der Waals surface area contributed by atoms with Crippen molar-refractivity contribution >= 4 is 11.6 Å². The van der Waals surface area contributed by atoms with Gasteiger partial charge in [-0.2, -0.15) is 0 Å². The summed E-state index contributed by atoms with van der Waals surface area (Å²) < 4.78 is 1.75. The minimum atomic E-state index is -0.221. The number of nitrogens with zero attached hydrogens (tertiary/aromatic N) is 3. The zero-order valence-electron chi connectivity index (χ0n) is 8.50. The highest BCUT2D eigenvalue weighted by atomic mass is 16.1. The number of benzene rings is 1. The van der Waals surface area contributed by atoms with Crippen molar-refractivity contribution in [2.45, 2.75) is 0 Å². The van der Waals surface area contributed by atoms with Crippen molar-refractivity contribution in [1.29, 1.82) is 0 Å². The average molecular weight is 217 g/mol. The van der Waals surface area contributed by atoms with Crippen LogP contribution in [-0.2, 0) is 4.79 Å². The third-order valence-corrected chi connectivity index (χ3v) is 2.03. The van der Waals surface area contributed by atoms with Gasteiger partial charge in [-0.1, -0.05) is 6.07 Å². The molecule has 82 valence electrons. The molecule has 0 aliphatic rings. The fourth-order valence-corrected chi connectivity index (χ4v) is 1.29. The van der Waals surface area contributed by atoms with Crippen LogP contribution in [0.5, 0.6) is 0 Å². The smallest absolute Gasteiger partial charge is 0.238 e. The average Bonchev–Trinajstić information content (AvgIpc) is 2.83. The van der Waals surface area contributed by atoms with E-state index in [-0.39, 0.29) is 12.5 Å². The van der Waals surface area contributed by atoms with E-state index in [4.69, 9.17) is 5.73 Å². The van der Waals surface area contributed by atoms with Crippen molar-refractivity contribution in [2.75, 3.05) is 11.9 Å². The molecule has 0 atom stereocenters. The Morgan fingerprint density at radius 2 is 2.12 bits per heavy atom. The molecule has 0 saturated heterocycles. The summed E-state index contributed by atoms with van der Waals surface area (Å²) in [6.07, 6.45) is 3.17. The van der Waals surface area contributed by atoms with E-state index in [1.165, 1.54) is 0 Å². The summed E-state index contributed by atoms with van der Waals surface area (Å²) in [5.41, 5.74) is 6.79. The Kier molecular flexibility index (Phi) is 2.93. The zero-order chi connectivity index (χ0) is 11.4. The molecule has 0 saturated carbocycles. The third kappa shape index (κ3) is 2.23. The van der Waals surface area contributed by atoms with E-state index < -0.39 is 0 Å². The van der Waals surface area contributed by atoms with Crippen LogP contribution in [0, 0.1) is 0 Å². The molecule has 0 spiro atoms. The van der Waals surface area contributed by atoms with Crippen LogP contribution < -0.4 is 11.1 Å². The highest BCUT2D eigenvalue weighted by Crippen LogP contribution is 2.13. The molecule has 3 N–H and O–H groups in total. The molecule has 1 amide bonds. The van der Waals surface area contributed by atoms with Gasteiger partial charge in [0.2, 0.25) is 5.91 Å². The van der Waals surface area contributed by atoms with Gasteiger partial charge in [0.1, 0.15) is 12.7 Å². The van der Waals surface area contributed by atoms with E-state index >= 15 is 0 Å². The molecule has 2 aromatic rings. The number of hydrogen-bond donors (Lipinski definition) is 2. The van der Waals surface area contributed by atoms with Crippen molar-refractivity contribution in [3.8, 4) is 5.69 Å². The van der Waals surface area contributed by atoms with Crippen molar-refractivity contribution in [3.63, 3.8) is 0 Å². The lowest BCUT2D eigenvalue weighted by molar-refractivity contribution is -0.114. The Bertz CT molecular complexity index is 480. The number of anilines is 1. The molecule has 1 aromatic carbocycles. The highest BCUT2D eigenvalue weighted by molar-refractivity contribution is 5.92. The first kappa shape index (κ1) is 10.3. The Labute approximate surface area is 92.1 Å². The number of nitrogens with two attached hydrogens (primary N) is 1. The lowest BCUT2D eigenvalue weighted by atomic mass is 10.2. The lowest BCUT2D eigenvalue weighted by Gasteiger charge is -2.06. The van der Waals surface area contributed by atoms with Crippen molar-refractivity contribution in [3.05, 3.63) is 36.9 Å². The van der Waals surface area contributed by atoms with Crippen molar-refractivity contribution in [2.24, 2.45) is 5.73 Å². The van der Waals surface area contributed by atoms with E-state index in [1.807, 2.05) is 18.2 Å². The third-order valence-electron chi connectivity index (χ3n) is 2.03. The molecule has 6 heteroatoms. The SMILES string of the molecule is NCC(=O)Nc1cccc(-n2cnnc2)c1. The highest BCUT2D eigenvalue weighted by Gasteiger charge is 2.01. The van der Waals surface area contributed by atoms with Crippen LogP contribution in [0.25, 0.3) is 5.69 Å². The zero-order valence-corrected chi connectivity index (χ0v) is 8.50. The lowest BCUT2D eigenvalue weighted by Crippen LogP contribution is -2.21. The summed E-state index contributed by atoms with van der Waals surface area (Å²) >= 11 is 0. The minimum absolute atomic E-state index is 0.0309. The van der Waals surface area contributed by atoms with Gasteiger partial charge in [-0.15, -0.1) is 10.2 Å². The van der Waals surface area contributed by atoms with E-state index in [1.54, 1.807) is 23.3 Å². The number of amides is 1. The van der Waals surface area contributed by atoms with E-state index in [9.17, 15) is 4.79 Å². The number of aromatic nitrogens is 3. The largest absolute Gasteiger partial charge is 0.325 e. The Morgan fingerprint density at radius 3 is 2.81 bits per heavy atom. The topological polar surface area (TPSA) is 85.8 Å². The fraction of sp³-hybridized carbons (Fsp3) is 0.100. The standard InChI is InChI=1S/C10H11N5O/c11-5-10(16)14-8-2-1-3-9(4-8)15-6-12-13-7-15/h1-4,6-7H,5,11H2,(H,14,16). The summed E-state index contributed by atoms with van der Waals surface area (Å²) in [5.74, 6) is -0.221. The van der Waals surface area contributed by atoms with Gasteiger partial charge in [0.05, 0.1) is 12.2 Å². The molecule has 2 rings (SSSR count). The van der Waals surface area contributed by atoms with Gasteiger partial charge in [0.15, 0.2) is 0 Å². The summed E-state index contributed by atoms with van der Waals surface area (Å²) in [5, 5.41) is 10.1. The minimum Gasteiger partial charge on any atom is -0.325 e. The molecule has 0 aliphatic heterocycles. The predicted octanol–water partition coefficient (Wildman–Crippen LogP) is 0.164. The molecule has 1 aromatic heterocycles. The van der Waals surface area contributed by atoms with Crippen LogP contribution in [0.1, 0.15) is 0 Å². The molecule has 0 bridgehead atoms. The molecule has 1 heterocycles. The number of carbonyl (C=O) groups is 1. The normalized spacial score (nSPS) is 10.1. The number of carbonyl (C=O) groups excluding carboxylic acids is 1. The van der Waals surface area contributed by atoms with E-state index in [0.717, 1.165) is 5.69 Å². The Morgan fingerprint density at radius 1 is 1.38 bits per heavy atom. The number of rotatable bonds is 3. The van der Waals surface area contributed by atoms with Gasteiger partial charge in [-0.05, 0) is 18.2 Å². The van der Waals surface area contributed by atoms with Crippen LogP contribution in [0.3, 0.4) is 0 Å². The van der Waals surface area contributed by atoms with Crippen LogP contribution in [0.4, 0.5) is 5.69 Å². The van der Waals surface area contributed by atoms with Gasteiger partial charge in [-0.3, -0.25) is 9.36 Å². The fourth-order valence-electron chi connectivity index (χ4n) is 1.29. The summed E-state index contributed by atoms with van der Waals surface area (Å²) in [6.45, 7) is -0.0309. The second-order valence-electron chi connectivity index (χ2n) is 3.17. The van der Waals surface area contributed by atoms with Gasteiger partial charge in [0, 0.05) is 5.69 Å². The van der Waals surface area contributed by atoms with Crippen molar-refractivity contribution < 1.29 is 4.79 Å². The summed E-state index contributed by atoms with van der Waals surface area (Å²) in [7, 11) is 0. The molecule has 0 aliphatic carbocycles. The monoisotopic (exact) mass is 217 g/mol. The molecular weight excluding hydrogens is 206 g/mol. The van der Waals surface area contributed by atoms with Crippen molar-refractivity contribution in [1.82, 2.24) is 14.8 Å². The van der Waals surface area contributed by atoms with Crippen LogP contribution >= 0.6 is 0 Å². The summed E-state index contributed by atoms with van der Waals surface area (Å²) in [6, 6.07) is 7.33. The second-order valence-corrected chi connectivity index (χ2v) is 3.17. The van der Waals surface area contributed by atoms with Crippen LogP contribution in [-0.4, -0.2) is 27.2 Å². The number of hydrogen-bond acceptors (Lipinski definition) is 4. The van der Waals surface area contributed by atoms with Gasteiger partial charge < -0.3 is 11.1 Å². The van der Waals surface area contributed by atoms with Gasteiger partial charge in [-0.25, -0.2) is 0 Å². The van der Waals surface area contributed by atoms with Gasteiger partial charge >= 0.3 is 0 Å². The van der Waals surface area contributed by atoms with Crippen LogP contribution in [0.2, 0.25) is 0 Å². The molecule has 0 radical (unpaired) electrons. The van der Waals surface area contributed by atoms with E-state index in [0.29, 0.717) is 5.69 Å². The molecule has 0 fully saturated rings. The maximum atomic E-state index is 11.1. The molecular formula is C10H11N5O. The summed E-state index contributed by atoms with van der Waals surface area (Å²) in [4.78, 5) is 11.1. The van der Waals surface area contributed by atoms with E-state index in [2.05, 4.69) is 15.5 Å². The molecule has 6 nitrogen and oxygen atoms in total. The second kappa shape index (κ2) is 4.54. The maximum Gasteiger partial charge on any atom is 0.238 e. The molecule has 16 heavy (non-hydrogen) atoms.